The first-order chi connectivity index (χ1) is 9.74. The first-order valence-corrected chi connectivity index (χ1v) is 5.43. The predicted molar refractivity (Wildman–Crippen MR) is 65.6 cm³/mol. The Labute approximate surface area is 121 Å². The molecule has 0 radical (unpaired) electrons. The van der Waals surface area contributed by atoms with Crippen molar-refractivity contribution in [2.75, 3.05) is 5.32 Å². The summed E-state index contributed by atoms with van der Waals surface area (Å²) in [6.45, 7) is 0. The zero-order valence-corrected chi connectivity index (χ0v) is 10.7. The van der Waals surface area contributed by atoms with Gasteiger partial charge in [-0.25, -0.2) is 0 Å². The van der Waals surface area contributed by atoms with Gasteiger partial charge in [-0.2, -0.15) is 29.0 Å². The Bertz CT molecular complexity index is 696. The summed E-state index contributed by atoms with van der Waals surface area (Å²) >= 11 is 5.61. The Balaban J connectivity index is 3.37. The highest BCUT2D eigenvalue weighted by atomic mass is 35.5. The van der Waals surface area contributed by atoms with E-state index in [1.165, 1.54) is 18.2 Å². The molecule has 1 aromatic carbocycles. The van der Waals surface area contributed by atoms with Gasteiger partial charge in [0.1, 0.15) is 35.3 Å². The number of phenolic OH excluding ortho intramolecular Hbond substituents is 1. The van der Waals surface area contributed by atoms with Gasteiger partial charge >= 0.3 is 6.18 Å². The summed E-state index contributed by atoms with van der Waals surface area (Å²) in [6, 6.07) is 5.28. The number of alkyl halides is 3. The maximum Gasteiger partial charge on any atom is 0.416 e. The number of aromatic hydroxyl groups is 1. The van der Waals surface area contributed by atoms with E-state index in [2.05, 4.69) is 5.32 Å². The maximum absolute atomic E-state index is 12.5. The summed E-state index contributed by atoms with van der Waals surface area (Å²) in [5.74, 6) is -0.877. The van der Waals surface area contributed by atoms with E-state index in [0.29, 0.717) is 12.1 Å². The van der Waals surface area contributed by atoms with E-state index in [4.69, 9.17) is 27.4 Å². The van der Waals surface area contributed by atoms with E-state index in [0.717, 1.165) is 0 Å². The second-order valence-electron chi connectivity index (χ2n) is 3.56. The lowest BCUT2D eigenvalue weighted by Gasteiger charge is -2.13. The molecular weight excluding hydrogens is 309 g/mol. The quantitative estimate of drug-likeness (QED) is 0.644. The first kappa shape index (κ1) is 16.2. The Morgan fingerprint density at radius 3 is 2.10 bits per heavy atom. The average Bonchev–Trinajstić information content (AvgIpc) is 2.40. The molecule has 106 valence electrons. The Morgan fingerprint density at radius 1 is 1.14 bits per heavy atom. The summed E-state index contributed by atoms with van der Waals surface area (Å²) < 4.78 is 37.5. The van der Waals surface area contributed by atoms with Gasteiger partial charge in [0.25, 0.3) is 0 Å². The fourth-order valence-corrected chi connectivity index (χ4v) is 1.55. The molecule has 0 fully saturated rings. The van der Waals surface area contributed by atoms with Crippen LogP contribution >= 0.6 is 11.6 Å². The number of anilines is 1. The molecule has 0 aromatic heterocycles. The fourth-order valence-electron chi connectivity index (χ4n) is 1.29. The van der Waals surface area contributed by atoms with Crippen molar-refractivity contribution < 1.29 is 18.3 Å². The number of phenols is 1. The molecule has 0 aliphatic heterocycles. The second-order valence-corrected chi connectivity index (χ2v) is 3.97. The number of hydrogen-bond acceptors (Lipinski definition) is 5. The fraction of sp³-hybridized carbons (Fsp3) is 0.0833. The number of allylic oxidation sites excluding steroid dienone is 2. The van der Waals surface area contributed by atoms with Crippen LogP contribution in [0.25, 0.3) is 0 Å². The van der Waals surface area contributed by atoms with E-state index in [-0.39, 0.29) is 0 Å². The number of benzene rings is 1. The van der Waals surface area contributed by atoms with Crippen molar-refractivity contribution in [2.45, 2.75) is 6.18 Å². The molecule has 0 heterocycles. The molecule has 0 saturated carbocycles. The lowest BCUT2D eigenvalue weighted by atomic mass is 10.1. The van der Waals surface area contributed by atoms with Gasteiger partial charge < -0.3 is 10.4 Å². The van der Waals surface area contributed by atoms with Crippen LogP contribution in [-0.4, -0.2) is 5.11 Å². The van der Waals surface area contributed by atoms with Gasteiger partial charge in [-0.15, -0.1) is 0 Å². The minimum atomic E-state index is -4.71. The number of nitrogens with zero attached hydrogens (tertiary/aromatic N) is 3. The molecule has 1 aromatic rings. The molecule has 1 rings (SSSR count). The first-order valence-electron chi connectivity index (χ1n) is 5.06. The molecule has 0 aliphatic carbocycles. The summed E-state index contributed by atoms with van der Waals surface area (Å²) in [4.78, 5) is 0. The lowest BCUT2D eigenvalue weighted by Crippen LogP contribution is -2.07. The van der Waals surface area contributed by atoms with Crippen molar-refractivity contribution in [1.82, 2.24) is 0 Å². The van der Waals surface area contributed by atoms with Crippen LogP contribution in [0.5, 0.6) is 5.75 Å². The molecule has 0 unspecified atom stereocenters. The largest absolute Gasteiger partial charge is 0.506 e. The number of nitriles is 3. The van der Waals surface area contributed by atoms with Crippen molar-refractivity contribution in [1.29, 1.82) is 15.8 Å². The molecule has 0 atom stereocenters. The van der Waals surface area contributed by atoms with Gasteiger partial charge in [0.05, 0.1) is 10.6 Å². The number of hydrogen-bond donors (Lipinski definition) is 2. The Morgan fingerprint density at radius 2 is 1.71 bits per heavy atom. The van der Waals surface area contributed by atoms with Gasteiger partial charge in [-0.3, -0.25) is 0 Å². The van der Waals surface area contributed by atoms with Crippen LogP contribution in [0.4, 0.5) is 18.9 Å². The van der Waals surface area contributed by atoms with Gasteiger partial charge in [-0.1, -0.05) is 11.6 Å². The summed E-state index contributed by atoms with van der Waals surface area (Å²) in [6.07, 6.45) is -4.71. The third-order valence-corrected chi connectivity index (χ3v) is 2.53. The number of nitrogens with one attached hydrogen (secondary N) is 1. The minimum absolute atomic E-state index is 0.404. The molecule has 5 nitrogen and oxygen atoms in total. The second kappa shape index (κ2) is 6.04. The zero-order chi connectivity index (χ0) is 16.2. The summed E-state index contributed by atoms with van der Waals surface area (Å²) in [5.41, 5.74) is -2.74. The highest BCUT2D eigenvalue weighted by molar-refractivity contribution is 6.33. The third-order valence-electron chi connectivity index (χ3n) is 2.23. The van der Waals surface area contributed by atoms with Crippen molar-refractivity contribution in [3.63, 3.8) is 0 Å². The van der Waals surface area contributed by atoms with Gasteiger partial charge in [0, 0.05) is 0 Å². The van der Waals surface area contributed by atoms with Crippen LogP contribution in [0.1, 0.15) is 5.56 Å². The van der Waals surface area contributed by atoms with Gasteiger partial charge in [0.15, 0.2) is 5.57 Å². The van der Waals surface area contributed by atoms with E-state index < -0.39 is 39.5 Å². The van der Waals surface area contributed by atoms with E-state index in [1.54, 1.807) is 0 Å². The molecule has 21 heavy (non-hydrogen) atoms. The average molecular weight is 313 g/mol. The SMILES string of the molecule is N#CC(C#N)=C(C#N)Nc1c(O)cc(C(F)(F)F)cc1Cl. The Hall–Kier alpha value is -2.89. The highest BCUT2D eigenvalue weighted by Gasteiger charge is 2.32. The van der Waals surface area contributed by atoms with Crippen LogP contribution in [0.15, 0.2) is 23.4 Å². The monoisotopic (exact) mass is 312 g/mol. The Kier molecular flexibility index (Phi) is 4.65. The normalized spacial score (nSPS) is 9.95. The van der Waals surface area contributed by atoms with E-state index >= 15 is 0 Å². The van der Waals surface area contributed by atoms with Crippen molar-refractivity contribution in [2.24, 2.45) is 0 Å². The summed E-state index contributed by atoms with van der Waals surface area (Å²) in [5, 5.41) is 37.3. The van der Waals surface area contributed by atoms with Gasteiger partial charge in [0.2, 0.25) is 0 Å². The molecular formula is C12H4ClF3N4O. The molecule has 0 amide bonds. The van der Waals surface area contributed by atoms with E-state index in [1.807, 2.05) is 0 Å². The number of halogens is 4. The van der Waals surface area contributed by atoms with Crippen LogP contribution in [0, 0.1) is 34.0 Å². The smallest absolute Gasteiger partial charge is 0.416 e. The van der Waals surface area contributed by atoms with Crippen molar-refractivity contribution in [3.05, 3.63) is 34.0 Å². The lowest BCUT2D eigenvalue weighted by molar-refractivity contribution is -0.137. The molecule has 0 spiro atoms. The van der Waals surface area contributed by atoms with E-state index in [9.17, 15) is 18.3 Å². The van der Waals surface area contributed by atoms with Crippen LogP contribution in [0.2, 0.25) is 5.02 Å². The highest BCUT2D eigenvalue weighted by Crippen LogP contribution is 2.40. The third kappa shape index (κ3) is 3.56. The number of rotatable bonds is 2. The van der Waals surface area contributed by atoms with Crippen LogP contribution in [-0.2, 0) is 6.18 Å². The molecule has 0 aliphatic rings. The van der Waals surface area contributed by atoms with Crippen LogP contribution in [0.3, 0.4) is 0 Å². The maximum atomic E-state index is 12.5. The molecule has 0 bridgehead atoms. The predicted octanol–water partition coefficient (Wildman–Crippen LogP) is 3.30. The van der Waals surface area contributed by atoms with Crippen molar-refractivity contribution in [3.8, 4) is 24.0 Å². The zero-order valence-electron chi connectivity index (χ0n) is 9.96. The topological polar surface area (TPSA) is 104 Å². The molecule has 9 heteroatoms. The van der Waals surface area contributed by atoms with Crippen LogP contribution < -0.4 is 5.32 Å². The molecule has 2 N–H and O–H groups in total. The van der Waals surface area contributed by atoms with Gasteiger partial charge in [-0.05, 0) is 12.1 Å². The minimum Gasteiger partial charge on any atom is -0.506 e. The molecule has 0 saturated heterocycles. The van der Waals surface area contributed by atoms with Crippen molar-refractivity contribution >= 4 is 17.3 Å². The standard InChI is InChI=1S/C12H4ClF3N4O/c13-8-1-7(12(14,15)16)2-10(21)11(8)20-9(5-19)6(3-17)4-18/h1-2,20-21H. The summed E-state index contributed by atoms with van der Waals surface area (Å²) in [7, 11) is 0.